The van der Waals surface area contributed by atoms with E-state index in [1.54, 1.807) is 6.08 Å². The molecule has 0 spiro atoms. The molecule has 36 heavy (non-hydrogen) atoms. The first-order valence-electron chi connectivity index (χ1n) is 13.7. The van der Waals surface area contributed by atoms with Gasteiger partial charge in [-0.15, -0.1) is 0 Å². The molecular weight excluding hydrogens is 456 g/mol. The van der Waals surface area contributed by atoms with Gasteiger partial charge in [0.15, 0.2) is 0 Å². The molecule has 6 heteroatoms. The molecule has 0 radical (unpaired) electrons. The number of aliphatic hydroxyl groups excluding tert-OH is 1. The fourth-order valence-electron chi connectivity index (χ4n) is 7.95. The monoisotopic (exact) mass is 496 g/mol. The maximum Gasteiger partial charge on any atom is 0.332 e. The average Bonchev–Trinajstić information content (AvgIpc) is 3.40. The van der Waals surface area contributed by atoms with Crippen LogP contribution in [0.2, 0.25) is 0 Å². The summed E-state index contributed by atoms with van der Waals surface area (Å²) in [6.45, 7) is 5.63. The number of allylic oxidation sites excluding steroid dienone is 1. The molecule has 196 valence electrons. The highest BCUT2D eigenvalue weighted by Gasteiger charge is 2.73. The Morgan fingerprint density at radius 1 is 1.08 bits per heavy atom. The summed E-state index contributed by atoms with van der Waals surface area (Å²) in [5, 5.41) is 9.42. The number of carbonyl (C=O) groups is 2. The lowest BCUT2D eigenvalue weighted by Gasteiger charge is -2.54. The van der Waals surface area contributed by atoms with Crippen molar-refractivity contribution in [1.82, 2.24) is 0 Å². The maximum absolute atomic E-state index is 13.4. The summed E-state index contributed by atoms with van der Waals surface area (Å²) in [4.78, 5) is 25.6. The van der Waals surface area contributed by atoms with E-state index in [0.717, 1.165) is 49.7 Å². The number of esters is 2. The van der Waals surface area contributed by atoms with Gasteiger partial charge in [-0.3, -0.25) is 0 Å². The van der Waals surface area contributed by atoms with Crippen LogP contribution in [0.25, 0.3) is 5.57 Å². The molecule has 1 aromatic carbocycles. The van der Waals surface area contributed by atoms with Crippen molar-refractivity contribution in [2.24, 2.45) is 23.7 Å². The van der Waals surface area contributed by atoms with E-state index in [1.165, 1.54) is 6.42 Å². The molecule has 6 nitrogen and oxygen atoms in total. The molecule has 4 fully saturated rings. The molecule has 0 amide bonds. The van der Waals surface area contributed by atoms with E-state index >= 15 is 0 Å². The highest BCUT2D eigenvalue weighted by Crippen LogP contribution is 2.64. The Bertz CT molecular complexity index is 998. The van der Waals surface area contributed by atoms with Crippen molar-refractivity contribution < 1.29 is 28.9 Å². The first kappa shape index (κ1) is 25.5. The molecule has 5 rings (SSSR count). The number of ether oxygens (including phenoxy) is 3. The minimum absolute atomic E-state index is 0.125. The summed E-state index contributed by atoms with van der Waals surface area (Å²) in [5.74, 6) is -0.0520. The lowest BCUT2D eigenvalue weighted by Crippen LogP contribution is -2.63. The third kappa shape index (κ3) is 4.30. The zero-order valence-electron chi connectivity index (χ0n) is 21.8. The molecule has 7 atom stereocenters. The van der Waals surface area contributed by atoms with Gasteiger partial charge in [-0.25, -0.2) is 9.59 Å². The zero-order chi connectivity index (χ0) is 25.5. The Morgan fingerprint density at radius 3 is 2.50 bits per heavy atom. The smallest absolute Gasteiger partial charge is 0.332 e. The van der Waals surface area contributed by atoms with E-state index in [0.29, 0.717) is 12.3 Å². The van der Waals surface area contributed by atoms with Crippen LogP contribution < -0.4 is 0 Å². The van der Waals surface area contributed by atoms with E-state index in [9.17, 15) is 14.7 Å². The lowest BCUT2D eigenvalue weighted by molar-refractivity contribution is -0.270. The Kier molecular flexibility index (Phi) is 7.03. The SMILES string of the molecule is C/C(=C\C(=O)O[C@H]1C2C(C)CC[C@H]2[C@]2(C)O[C@@]1(C1CCCCC1)C[C@H]2OC(=O)CO)c1ccccc1. The average molecular weight is 497 g/mol. The van der Waals surface area contributed by atoms with Crippen LogP contribution in [-0.2, 0) is 23.8 Å². The molecule has 0 aromatic heterocycles. The molecule has 2 aliphatic carbocycles. The molecule has 2 saturated carbocycles. The zero-order valence-corrected chi connectivity index (χ0v) is 21.8. The molecule has 2 heterocycles. The quantitative estimate of drug-likeness (QED) is 0.437. The van der Waals surface area contributed by atoms with Crippen LogP contribution in [0.15, 0.2) is 36.4 Å². The second-order valence-corrected chi connectivity index (χ2v) is 11.7. The summed E-state index contributed by atoms with van der Waals surface area (Å²) < 4.78 is 19.4. The van der Waals surface area contributed by atoms with E-state index < -0.39 is 29.9 Å². The first-order valence-corrected chi connectivity index (χ1v) is 13.7. The van der Waals surface area contributed by atoms with Gasteiger partial charge in [-0.1, -0.05) is 56.5 Å². The molecule has 2 unspecified atom stereocenters. The van der Waals surface area contributed by atoms with Gasteiger partial charge < -0.3 is 19.3 Å². The number of hydrogen-bond acceptors (Lipinski definition) is 6. The van der Waals surface area contributed by atoms with Gasteiger partial charge in [0.2, 0.25) is 0 Å². The maximum atomic E-state index is 13.4. The summed E-state index contributed by atoms with van der Waals surface area (Å²) in [6, 6.07) is 9.86. The number of benzene rings is 1. The molecule has 2 aliphatic heterocycles. The van der Waals surface area contributed by atoms with Crippen molar-refractivity contribution in [3.05, 3.63) is 42.0 Å². The predicted octanol–water partition coefficient (Wildman–Crippen LogP) is 5.08. The Morgan fingerprint density at radius 2 is 1.81 bits per heavy atom. The molecule has 2 bridgehead atoms. The van der Waals surface area contributed by atoms with E-state index in [1.807, 2.05) is 37.3 Å². The minimum Gasteiger partial charge on any atom is -0.457 e. The van der Waals surface area contributed by atoms with E-state index in [2.05, 4.69) is 13.8 Å². The summed E-state index contributed by atoms with van der Waals surface area (Å²) >= 11 is 0. The topological polar surface area (TPSA) is 82.1 Å². The van der Waals surface area contributed by atoms with Gasteiger partial charge in [0.25, 0.3) is 0 Å². The van der Waals surface area contributed by atoms with Crippen LogP contribution in [0.5, 0.6) is 0 Å². The fourth-order valence-corrected chi connectivity index (χ4v) is 7.95. The third-order valence-corrected chi connectivity index (χ3v) is 9.68. The van der Waals surface area contributed by atoms with Crippen LogP contribution in [0.4, 0.5) is 0 Å². The van der Waals surface area contributed by atoms with Crippen molar-refractivity contribution in [3.8, 4) is 0 Å². The van der Waals surface area contributed by atoms with E-state index in [-0.39, 0.29) is 29.8 Å². The van der Waals surface area contributed by atoms with Crippen molar-refractivity contribution >= 4 is 17.5 Å². The van der Waals surface area contributed by atoms with Crippen LogP contribution in [0.3, 0.4) is 0 Å². The van der Waals surface area contributed by atoms with Crippen molar-refractivity contribution in [2.45, 2.75) is 95.5 Å². The second kappa shape index (κ2) is 9.94. The highest BCUT2D eigenvalue weighted by molar-refractivity contribution is 5.91. The van der Waals surface area contributed by atoms with Crippen LogP contribution >= 0.6 is 0 Å². The molecular formula is C30H40O6. The van der Waals surface area contributed by atoms with E-state index in [4.69, 9.17) is 14.2 Å². The molecule has 1 aromatic rings. The molecule has 1 N–H and O–H groups in total. The normalized spacial score (nSPS) is 38.4. The molecule has 4 aliphatic rings. The number of fused-ring (bicyclic) bond motifs is 4. The van der Waals surface area contributed by atoms with Gasteiger partial charge >= 0.3 is 11.9 Å². The minimum atomic E-state index is -0.681. The van der Waals surface area contributed by atoms with Crippen LogP contribution in [-0.4, -0.2) is 47.1 Å². The van der Waals surface area contributed by atoms with Crippen molar-refractivity contribution in [3.63, 3.8) is 0 Å². The van der Waals surface area contributed by atoms with Gasteiger partial charge in [0.1, 0.15) is 30.0 Å². The van der Waals surface area contributed by atoms with Crippen LogP contribution in [0, 0.1) is 23.7 Å². The first-order chi connectivity index (χ1) is 17.3. The largest absolute Gasteiger partial charge is 0.457 e. The predicted molar refractivity (Wildman–Crippen MR) is 136 cm³/mol. The lowest BCUT2D eigenvalue weighted by atomic mass is 9.66. The van der Waals surface area contributed by atoms with Gasteiger partial charge in [-0.05, 0) is 68.4 Å². The number of aliphatic hydroxyl groups is 1. The van der Waals surface area contributed by atoms with Gasteiger partial charge in [-0.2, -0.15) is 0 Å². The fraction of sp³-hybridized carbons (Fsp3) is 0.667. The van der Waals surface area contributed by atoms with Crippen molar-refractivity contribution in [2.75, 3.05) is 6.61 Å². The highest BCUT2D eigenvalue weighted by atomic mass is 16.6. The van der Waals surface area contributed by atoms with Gasteiger partial charge in [0.05, 0.1) is 0 Å². The van der Waals surface area contributed by atoms with Gasteiger partial charge in [0, 0.05) is 18.4 Å². The number of hydrogen-bond donors (Lipinski definition) is 1. The Balaban J connectivity index is 1.52. The second-order valence-electron chi connectivity index (χ2n) is 11.7. The van der Waals surface area contributed by atoms with Crippen LogP contribution in [0.1, 0.15) is 77.7 Å². The summed E-state index contributed by atoms with van der Waals surface area (Å²) in [6.07, 6.45) is 8.76. The Labute approximate surface area is 214 Å². The summed E-state index contributed by atoms with van der Waals surface area (Å²) in [7, 11) is 0. The Hall–Kier alpha value is -2.18. The third-order valence-electron chi connectivity index (χ3n) is 9.68. The van der Waals surface area contributed by atoms with Crippen molar-refractivity contribution in [1.29, 1.82) is 0 Å². The molecule has 2 saturated heterocycles. The number of rotatable bonds is 6. The summed E-state index contributed by atoms with van der Waals surface area (Å²) in [5.41, 5.74) is 0.537. The number of carbonyl (C=O) groups excluding carboxylic acids is 2. The standard InChI is InChI=1S/C30H40O6/c1-19-14-15-23-27(19)28(35-25(32)16-20(2)21-10-6-4-7-11-21)30(22-12-8-5-9-13-22)17-24(29(23,3)36-30)34-26(33)18-31/h4,6-7,10-11,16,19,22-24,27-28,31H,5,8-9,12-15,17-18H2,1-3H3/b20-16+/t19?,23-,24-,27?,28+,29+,30-/m1/s1.